The van der Waals surface area contributed by atoms with Crippen molar-refractivity contribution in [3.05, 3.63) is 40.5 Å². The van der Waals surface area contributed by atoms with Crippen molar-refractivity contribution in [1.29, 1.82) is 0 Å². The van der Waals surface area contributed by atoms with E-state index in [1.165, 1.54) is 10.4 Å². The summed E-state index contributed by atoms with van der Waals surface area (Å²) in [5.74, 6) is 1.56. The summed E-state index contributed by atoms with van der Waals surface area (Å²) >= 11 is 1.68. The van der Waals surface area contributed by atoms with E-state index in [9.17, 15) is 9.90 Å². The third kappa shape index (κ3) is 4.35. The summed E-state index contributed by atoms with van der Waals surface area (Å²) in [6.45, 7) is 4.38. The Labute approximate surface area is 213 Å². The number of likely N-dealkylation sites (tertiary alicyclic amines) is 1. The molecule has 2 aliphatic heterocycles. The number of ether oxygens (including phenoxy) is 1. The number of nitrogens with one attached hydrogen (secondary N) is 3. The van der Waals surface area contributed by atoms with Crippen LogP contribution in [0.5, 0.6) is 5.75 Å². The Morgan fingerprint density at radius 3 is 3.08 bits per heavy atom. The first-order valence-corrected chi connectivity index (χ1v) is 13.4. The van der Waals surface area contributed by atoms with Crippen molar-refractivity contribution in [2.45, 2.75) is 44.8 Å². The van der Waals surface area contributed by atoms with E-state index in [1.807, 2.05) is 13.0 Å². The van der Waals surface area contributed by atoms with Crippen LogP contribution in [-0.4, -0.2) is 64.4 Å². The molecule has 1 fully saturated rings. The number of aromatic nitrogens is 2. The van der Waals surface area contributed by atoms with Gasteiger partial charge in [-0.25, -0.2) is 14.8 Å². The van der Waals surface area contributed by atoms with Gasteiger partial charge in [0.15, 0.2) is 0 Å². The maximum atomic E-state index is 12.6. The van der Waals surface area contributed by atoms with E-state index in [-0.39, 0.29) is 12.1 Å². The van der Waals surface area contributed by atoms with Gasteiger partial charge in [-0.15, -0.1) is 11.3 Å². The summed E-state index contributed by atoms with van der Waals surface area (Å²) in [5.41, 5.74) is 4.30. The van der Waals surface area contributed by atoms with E-state index in [4.69, 9.17) is 4.74 Å². The highest BCUT2D eigenvalue weighted by Gasteiger charge is 2.30. The summed E-state index contributed by atoms with van der Waals surface area (Å²) in [5, 5.41) is 20.9. The topological polar surface area (TPSA) is 112 Å². The van der Waals surface area contributed by atoms with Gasteiger partial charge in [-0.1, -0.05) is 12.2 Å². The lowest BCUT2D eigenvalue weighted by atomic mass is 9.93. The molecule has 9 nitrogen and oxygen atoms in total. The fourth-order valence-electron chi connectivity index (χ4n) is 5.26. The lowest BCUT2D eigenvalue weighted by Gasteiger charge is -2.26. The zero-order chi connectivity index (χ0) is 24.6. The molecule has 10 heteroatoms. The Kier molecular flexibility index (Phi) is 6.14. The standard InChI is InChI=1S/C26H30N6O3S/c1-2-35-21-12-19-15(4-3-8-27-19)10-20(21)31-24-23-18-6-5-16(11-22(18)36-25(23)29-14-28-24)30-26(34)32-9-7-17(33)13-32/h3-4,10,12,14,16-17,27,33H,2,5-9,11,13H2,1H3,(H,30,34)(H,28,29,31). The molecule has 2 aromatic heterocycles. The summed E-state index contributed by atoms with van der Waals surface area (Å²) in [6, 6.07) is 4.13. The van der Waals surface area contributed by atoms with Gasteiger partial charge in [-0.05, 0) is 43.4 Å². The molecule has 0 bridgehead atoms. The first kappa shape index (κ1) is 23.1. The van der Waals surface area contributed by atoms with Gasteiger partial charge in [0.05, 0.1) is 23.8 Å². The van der Waals surface area contributed by atoms with Gasteiger partial charge in [0.25, 0.3) is 0 Å². The van der Waals surface area contributed by atoms with Gasteiger partial charge >= 0.3 is 6.03 Å². The van der Waals surface area contributed by atoms with Gasteiger partial charge in [0.2, 0.25) is 0 Å². The predicted molar refractivity (Wildman–Crippen MR) is 142 cm³/mol. The number of fused-ring (bicyclic) bond motifs is 4. The number of thiophene rings is 1. The highest BCUT2D eigenvalue weighted by Crippen LogP contribution is 2.41. The number of hydrogen-bond acceptors (Lipinski definition) is 8. The maximum Gasteiger partial charge on any atom is 0.317 e. The Morgan fingerprint density at radius 2 is 2.25 bits per heavy atom. The molecule has 0 saturated carbocycles. The molecule has 4 heterocycles. The zero-order valence-corrected chi connectivity index (χ0v) is 21.0. The Balaban J connectivity index is 1.26. The van der Waals surface area contributed by atoms with E-state index in [2.05, 4.69) is 44.1 Å². The number of hydrogen-bond donors (Lipinski definition) is 4. The Hall–Kier alpha value is -3.37. The van der Waals surface area contributed by atoms with E-state index < -0.39 is 6.10 Å². The minimum absolute atomic E-state index is 0.0738. The fourth-order valence-corrected chi connectivity index (χ4v) is 6.53. The van der Waals surface area contributed by atoms with Gasteiger partial charge in [0, 0.05) is 48.7 Å². The van der Waals surface area contributed by atoms with Crippen LogP contribution in [0.2, 0.25) is 0 Å². The van der Waals surface area contributed by atoms with Crippen molar-refractivity contribution in [3.63, 3.8) is 0 Å². The van der Waals surface area contributed by atoms with Crippen molar-refractivity contribution in [2.24, 2.45) is 0 Å². The molecule has 1 aromatic carbocycles. The molecule has 2 unspecified atom stereocenters. The van der Waals surface area contributed by atoms with E-state index in [0.717, 1.165) is 64.5 Å². The van der Waals surface area contributed by atoms with E-state index in [1.54, 1.807) is 22.6 Å². The molecule has 6 rings (SSSR count). The molecule has 0 radical (unpaired) electrons. The van der Waals surface area contributed by atoms with Crippen LogP contribution in [0.15, 0.2) is 24.5 Å². The molecule has 1 aliphatic carbocycles. The van der Waals surface area contributed by atoms with Crippen LogP contribution < -0.4 is 20.7 Å². The number of carbonyl (C=O) groups excluding carboxylic acids is 1. The summed E-state index contributed by atoms with van der Waals surface area (Å²) in [6.07, 6.45) is 8.54. The average molecular weight is 507 g/mol. The first-order valence-electron chi connectivity index (χ1n) is 12.6. The average Bonchev–Trinajstić information content (AvgIpc) is 3.48. The molecule has 3 aliphatic rings. The number of aliphatic hydroxyl groups is 1. The molecule has 188 valence electrons. The second-order valence-electron chi connectivity index (χ2n) is 9.46. The Morgan fingerprint density at radius 1 is 1.33 bits per heavy atom. The summed E-state index contributed by atoms with van der Waals surface area (Å²) < 4.78 is 5.95. The second kappa shape index (κ2) is 9.59. The number of anilines is 3. The zero-order valence-electron chi connectivity index (χ0n) is 20.2. The molecule has 2 atom stereocenters. The van der Waals surface area contributed by atoms with Crippen molar-refractivity contribution in [1.82, 2.24) is 20.2 Å². The smallest absolute Gasteiger partial charge is 0.317 e. The number of amides is 2. The van der Waals surface area contributed by atoms with Gasteiger partial charge in [0.1, 0.15) is 22.7 Å². The van der Waals surface area contributed by atoms with Crippen LogP contribution in [-0.2, 0) is 12.8 Å². The molecule has 36 heavy (non-hydrogen) atoms. The first-order chi connectivity index (χ1) is 17.6. The van der Waals surface area contributed by atoms with Crippen LogP contribution in [0.25, 0.3) is 16.3 Å². The third-order valence-electron chi connectivity index (χ3n) is 7.04. The fraction of sp³-hybridized carbons (Fsp3) is 0.423. The van der Waals surface area contributed by atoms with Gasteiger partial charge in [-0.3, -0.25) is 0 Å². The molecule has 4 N–H and O–H groups in total. The van der Waals surface area contributed by atoms with E-state index in [0.29, 0.717) is 26.1 Å². The minimum Gasteiger partial charge on any atom is -0.492 e. The number of rotatable bonds is 5. The number of β-amino-alcohol motifs (C(OH)–C–C–N with tert-alkyl or cyclic N) is 1. The minimum atomic E-state index is -0.411. The predicted octanol–water partition coefficient (Wildman–Crippen LogP) is 3.91. The largest absolute Gasteiger partial charge is 0.492 e. The number of aliphatic hydroxyl groups excluding tert-OH is 1. The maximum absolute atomic E-state index is 12.6. The van der Waals surface area contributed by atoms with Crippen LogP contribution >= 0.6 is 11.3 Å². The molecule has 3 aromatic rings. The summed E-state index contributed by atoms with van der Waals surface area (Å²) in [7, 11) is 0. The third-order valence-corrected chi connectivity index (χ3v) is 8.20. The normalized spacial score (nSPS) is 20.6. The van der Waals surface area contributed by atoms with Crippen LogP contribution in [0.4, 0.5) is 22.0 Å². The van der Waals surface area contributed by atoms with Crippen LogP contribution in [0.1, 0.15) is 35.8 Å². The molecular weight excluding hydrogens is 476 g/mol. The van der Waals surface area contributed by atoms with Crippen molar-refractivity contribution >= 4 is 50.9 Å². The highest BCUT2D eigenvalue weighted by molar-refractivity contribution is 7.19. The van der Waals surface area contributed by atoms with Crippen LogP contribution in [0.3, 0.4) is 0 Å². The highest BCUT2D eigenvalue weighted by atomic mass is 32.1. The Bertz CT molecular complexity index is 1340. The van der Waals surface area contributed by atoms with Crippen LogP contribution in [0, 0.1) is 0 Å². The van der Waals surface area contributed by atoms with E-state index >= 15 is 0 Å². The number of carbonyl (C=O) groups is 1. The lowest BCUT2D eigenvalue weighted by Crippen LogP contribution is -2.46. The van der Waals surface area contributed by atoms with Crippen molar-refractivity contribution in [2.75, 3.05) is 36.9 Å². The molecular formula is C26H30N6O3S. The SMILES string of the molecule is CCOc1cc2c(cc1Nc1ncnc3sc4c(c13)CCC(NC(=O)N1CCC(O)C1)C4)C=CCN2. The number of aryl methyl sites for hydroxylation is 1. The molecule has 0 spiro atoms. The lowest BCUT2D eigenvalue weighted by molar-refractivity contribution is 0.170. The van der Waals surface area contributed by atoms with Gasteiger partial charge in [-0.2, -0.15) is 0 Å². The van der Waals surface area contributed by atoms with Gasteiger partial charge < -0.3 is 30.7 Å². The number of nitrogens with zero attached hydrogens (tertiary/aromatic N) is 3. The van der Waals surface area contributed by atoms with Crippen molar-refractivity contribution < 1.29 is 14.6 Å². The monoisotopic (exact) mass is 506 g/mol. The second-order valence-corrected chi connectivity index (χ2v) is 10.5. The molecule has 2 amide bonds. The van der Waals surface area contributed by atoms with Crippen molar-refractivity contribution in [3.8, 4) is 5.75 Å². The summed E-state index contributed by atoms with van der Waals surface area (Å²) in [4.78, 5) is 25.7. The quantitative estimate of drug-likeness (QED) is 0.415. The number of benzene rings is 1. The molecule has 1 saturated heterocycles. The number of urea groups is 1.